The van der Waals surface area contributed by atoms with Gasteiger partial charge in [-0.15, -0.1) is 11.3 Å². The minimum atomic E-state index is -0.653. The first-order valence-electron chi connectivity index (χ1n) is 6.06. The van der Waals surface area contributed by atoms with E-state index in [1.54, 1.807) is 0 Å². The first-order chi connectivity index (χ1) is 8.56. The average molecular weight is 327 g/mol. The van der Waals surface area contributed by atoms with Gasteiger partial charge in [-0.3, -0.25) is 4.79 Å². The Labute approximate surface area is 119 Å². The fourth-order valence-corrected chi connectivity index (χ4v) is 3.70. The van der Waals surface area contributed by atoms with Crippen LogP contribution >= 0.6 is 27.3 Å². The predicted molar refractivity (Wildman–Crippen MR) is 75.7 cm³/mol. The van der Waals surface area contributed by atoms with Gasteiger partial charge in [0.25, 0.3) is 5.91 Å². The maximum Gasteiger partial charge on any atom is 0.262 e. The topological polar surface area (TPSA) is 52.9 Å². The molecule has 0 aliphatic heterocycles. The van der Waals surface area contributed by atoms with Crippen molar-refractivity contribution in [2.24, 2.45) is 0 Å². The second kappa shape index (κ2) is 5.41. The normalized spacial score (nSPS) is 18.1. The third-order valence-corrected chi connectivity index (χ3v) is 5.49. The van der Waals surface area contributed by atoms with Crippen molar-refractivity contribution >= 4 is 33.2 Å². The van der Waals surface area contributed by atoms with Crippen molar-refractivity contribution in [3.8, 4) is 6.07 Å². The molecular formula is C13H15BrN2OS. The number of nitrogens with one attached hydrogen (secondary N) is 1. The largest absolute Gasteiger partial charge is 0.333 e. The number of hydrogen-bond acceptors (Lipinski definition) is 3. The van der Waals surface area contributed by atoms with Gasteiger partial charge in [0.2, 0.25) is 0 Å². The number of rotatable bonds is 2. The summed E-state index contributed by atoms with van der Waals surface area (Å²) in [6.07, 6.45) is 4.71. The lowest BCUT2D eigenvalue weighted by molar-refractivity contribution is 0.0907. The number of nitriles is 1. The number of carbonyl (C=O) groups is 1. The van der Waals surface area contributed by atoms with Gasteiger partial charge >= 0.3 is 0 Å². The van der Waals surface area contributed by atoms with E-state index in [1.165, 1.54) is 11.3 Å². The van der Waals surface area contributed by atoms with Crippen LogP contribution in [0.3, 0.4) is 0 Å². The Hall–Kier alpha value is -0.860. The van der Waals surface area contributed by atoms with E-state index in [9.17, 15) is 10.1 Å². The molecule has 1 aliphatic carbocycles. The van der Waals surface area contributed by atoms with Crippen LogP contribution in [0.5, 0.6) is 0 Å². The summed E-state index contributed by atoms with van der Waals surface area (Å²) in [5, 5.41) is 12.3. The molecule has 5 heteroatoms. The first kappa shape index (κ1) is 13.6. The van der Waals surface area contributed by atoms with E-state index >= 15 is 0 Å². The summed E-state index contributed by atoms with van der Waals surface area (Å²) in [5.41, 5.74) is 0.402. The standard InChI is InChI=1S/C13H15BrN2OS/c1-9-7-10(18-11(9)14)12(17)16-13(8-15)5-3-2-4-6-13/h7H,2-6H2,1H3,(H,16,17). The Morgan fingerprint density at radius 2 is 2.17 bits per heavy atom. The summed E-state index contributed by atoms with van der Waals surface area (Å²) < 4.78 is 0.974. The van der Waals surface area contributed by atoms with Crippen LogP contribution in [-0.4, -0.2) is 11.4 Å². The van der Waals surface area contributed by atoms with Gasteiger partial charge in [0.05, 0.1) is 14.7 Å². The molecule has 1 aromatic rings. The molecule has 1 amide bonds. The van der Waals surface area contributed by atoms with E-state index in [-0.39, 0.29) is 5.91 Å². The molecule has 2 rings (SSSR count). The van der Waals surface area contributed by atoms with Crippen LogP contribution in [0.2, 0.25) is 0 Å². The summed E-state index contributed by atoms with van der Waals surface area (Å²) in [6.45, 7) is 1.96. The van der Waals surface area contributed by atoms with E-state index < -0.39 is 5.54 Å². The SMILES string of the molecule is Cc1cc(C(=O)NC2(C#N)CCCCC2)sc1Br. The van der Waals surface area contributed by atoms with Crippen LogP contribution in [0.1, 0.15) is 47.3 Å². The monoisotopic (exact) mass is 326 g/mol. The Morgan fingerprint density at radius 3 is 2.67 bits per heavy atom. The van der Waals surface area contributed by atoms with E-state index in [4.69, 9.17) is 0 Å². The molecule has 0 atom stereocenters. The fourth-order valence-electron chi connectivity index (χ4n) is 2.27. The molecule has 1 heterocycles. The molecule has 0 aromatic carbocycles. The van der Waals surface area contributed by atoms with Crippen molar-refractivity contribution in [1.82, 2.24) is 5.32 Å². The number of hydrogen-bond donors (Lipinski definition) is 1. The highest BCUT2D eigenvalue weighted by Gasteiger charge is 2.34. The average Bonchev–Trinajstić information content (AvgIpc) is 2.71. The number of aryl methyl sites for hydroxylation is 1. The van der Waals surface area contributed by atoms with Crippen LogP contribution in [0.4, 0.5) is 0 Å². The second-order valence-electron chi connectivity index (χ2n) is 4.78. The van der Waals surface area contributed by atoms with Crippen LogP contribution in [-0.2, 0) is 0 Å². The smallest absolute Gasteiger partial charge is 0.262 e. The lowest BCUT2D eigenvalue weighted by Crippen LogP contribution is -2.48. The minimum Gasteiger partial charge on any atom is -0.333 e. The molecule has 1 aliphatic rings. The summed E-state index contributed by atoms with van der Waals surface area (Å²) in [7, 11) is 0. The highest BCUT2D eigenvalue weighted by molar-refractivity contribution is 9.11. The lowest BCUT2D eigenvalue weighted by Gasteiger charge is -2.31. The minimum absolute atomic E-state index is 0.128. The molecule has 18 heavy (non-hydrogen) atoms. The van der Waals surface area contributed by atoms with Crippen LogP contribution < -0.4 is 5.32 Å². The zero-order valence-electron chi connectivity index (χ0n) is 10.3. The maximum atomic E-state index is 12.2. The summed E-state index contributed by atoms with van der Waals surface area (Å²) in [5.74, 6) is -0.128. The van der Waals surface area contributed by atoms with Crippen molar-refractivity contribution in [3.05, 3.63) is 20.3 Å². The van der Waals surface area contributed by atoms with Gasteiger partial charge in [-0.25, -0.2) is 0 Å². The van der Waals surface area contributed by atoms with Gasteiger partial charge < -0.3 is 5.32 Å². The molecule has 1 fully saturated rings. The second-order valence-corrected chi connectivity index (χ2v) is 7.15. The van der Waals surface area contributed by atoms with Gasteiger partial charge in [-0.1, -0.05) is 19.3 Å². The van der Waals surface area contributed by atoms with E-state index in [2.05, 4.69) is 27.3 Å². The molecule has 1 saturated carbocycles. The highest BCUT2D eigenvalue weighted by Crippen LogP contribution is 2.30. The first-order valence-corrected chi connectivity index (χ1v) is 7.67. The predicted octanol–water partition coefficient (Wildman–Crippen LogP) is 3.78. The fraction of sp³-hybridized carbons (Fsp3) is 0.538. The van der Waals surface area contributed by atoms with E-state index in [1.807, 2.05) is 13.0 Å². The summed E-state index contributed by atoms with van der Waals surface area (Å²) in [6, 6.07) is 4.16. The number of amides is 1. The molecule has 0 saturated heterocycles. The van der Waals surface area contributed by atoms with Gasteiger partial charge in [0.15, 0.2) is 0 Å². The Balaban J connectivity index is 2.13. The van der Waals surface area contributed by atoms with Crippen molar-refractivity contribution < 1.29 is 4.79 Å². The van der Waals surface area contributed by atoms with Gasteiger partial charge in [0.1, 0.15) is 5.54 Å². The third-order valence-electron chi connectivity index (χ3n) is 3.35. The Kier molecular flexibility index (Phi) is 4.08. The van der Waals surface area contributed by atoms with E-state index in [0.29, 0.717) is 4.88 Å². The number of nitrogens with zero attached hydrogens (tertiary/aromatic N) is 1. The van der Waals surface area contributed by atoms with Gasteiger partial charge in [-0.2, -0.15) is 5.26 Å². The molecule has 0 radical (unpaired) electrons. The zero-order valence-corrected chi connectivity index (χ0v) is 12.7. The quantitative estimate of drug-likeness (QED) is 0.899. The molecule has 3 nitrogen and oxygen atoms in total. The molecule has 0 bridgehead atoms. The van der Waals surface area contributed by atoms with E-state index in [0.717, 1.165) is 41.5 Å². The van der Waals surface area contributed by atoms with Crippen molar-refractivity contribution in [1.29, 1.82) is 5.26 Å². The molecule has 0 unspecified atom stereocenters. The van der Waals surface area contributed by atoms with Crippen molar-refractivity contribution in [2.75, 3.05) is 0 Å². The maximum absolute atomic E-state index is 12.2. The zero-order chi connectivity index (χ0) is 13.2. The Morgan fingerprint density at radius 1 is 1.50 bits per heavy atom. The molecule has 1 N–H and O–H groups in total. The number of halogens is 1. The van der Waals surface area contributed by atoms with Crippen LogP contribution in [0.25, 0.3) is 0 Å². The van der Waals surface area contributed by atoms with Crippen molar-refractivity contribution in [2.45, 2.75) is 44.6 Å². The number of carbonyl (C=O) groups excluding carboxylic acids is 1. The highest BCUT2D eigenvalue weighted by atomic mass is 79.9. The van der Waals surface area contributed by atoms with Gasteiger partial charge in [0, 0.05) is 0 Å². The van der Waals surface area contributed by atoms with Crippen LogP contribution in [0, 0.1) is 18.3 Å². The van der Waals surface area contributed by atoms with Crippen molar-refractivity contribution in [3.63, 3.8) is 0 Å². The molecule has 96 valence electrons. The third kappa shape index (κ3) is 2.76. The Bertz CT molecular complexity index is 478. The number of thiophene rings is 1. The summed E-state index contributed by atoms with van der Waals surface area (Å²) >= 11 is 4.83. The summed E-state index contributed by atoms with van der Waals surface area (Å²) in [4.78, 5) is 12.8. The molecule has 0 spiro atoms. The molecule has 1 aromatic heterocycles. The van der Waals surface area contributed by atoms with Gasteiger partial charge in [-0.05, 0) is 47.3 Å². The van der Waals surface area contributed by atoms with Crippen LogP contribution in [0.15, 0.2) is 9.85 Å². The molecular weight excluding hydrogens is 312 g/mol. The lowest BCUT2D eigenvalue weighted by atomic mass is 9.83.